The summed E-state index contributed by atoms with van der Waals surface area (Å²) in [7, 11) is 0. The van der Waals surface area contributed by atoms with Crippen molar-refractivity contribution in [2.24, 2.45) is 5.92 Å². The highest BCUT2D eigenvalue weighted by Crippen LogP contribution is 2.19. The summed E-state index contributed by atoms with van der Waals surface area (Å²) in [6.07, 6.45) is 40.8. The van der Waals surface area contributed by atoms with Gasteiger partial charge in [-0.05, 0) is 38.0 Å². The van der Waals surface area contributed by atoms with Crippen LogP contribution in [0.2, 0.25) is 0 Å². The molecule has 0 saturated heterocycles. The lowest BCUT2D eigenvalue weighted by Gasteiger charge is -2.18. The van der Waals surface area contributed by atoms with Gasteiger partial charge in [0, 0.05) is 6.42 Å². The average molecular weight is 565 g/mol. The van der Waals surface area contributed by atoms with Crippen molar-refractivity contribution in [2.45, 2.75) is 233 Å². The van der Waals surface area contributed by atoms with E-state index in [4.69, 9.17) is 4.74 Å². The fourth-order valence-corrected chi connectivity index (χ4v) is 5.93. The fraction of sp³-hybridized carbons (Fsp3) is 0.974. The van der Waals surface area contributed by atoms with Gasteiger partial charge >= 0.3 is 5.97 Å². The summed E-state index contributed by atoms with van der Waals surface area (Å²) in [6.45, 7) is 9.20. The molecule has 0 saturated carbocycles. The minimum absolute atomic E-state index is 0.0612. The number of carbonyl (C=O) groups is 1. The molecule has 1 atom stereocenters. The molecule has 2 heteroatoms. The lowest BCUT2D eigenvalue weighted by molar-refractivity contribution is -0.150. The van der Waals surface area contributed by atoms with E-state index in [0.717, 1.165) is 25.2 Å². The highest BCUT2D eigenvalue weighted by atomic mass is 16.5. The molecule has 0 aliphatic rings. The molecule has 0 radical (unpaired) electrons. The van der Waals surface area contributed by atoms with Gasteiger partial charge in [0.25, 0.3) is 0 Å². The monoisotopic (exact) mass is 565 g/mol. The van der Waals surface area contributed by atoms with Crippen LogP contribution in [0.1, 0.15) is 227 Å². The number of hydrogen-bond donors (Lipinski definition) is 0. The maximum atomic E-state index is 12.5. The van der Waals surface area contributed by atoms with Gasteiger partial charge in [0.1, 0.15) is 6.10 Å². The van der Waals surface area contributed by atoms with Gasteiger partial charge in [0.05, 0.1) is 0 Å². The predicted molar refractivity (Wildman–Crippen MR) is 179 cm³/mol. The molecule has 0 spiro atoms. The van der Waals surface area contributed by atoms with E-state index in [1.165, 1.54) is 173 Å². The number of rotatable bonds is 33. The largest absolute Gasteiger partial charge is 0.462 e. The van der Waals surface area contributed by atoms with Gasteiger partial charge in [-0.25, -0.2) is 0 Å². The summed E-state index contributed by atoms with van der Waals surface area (Å²) in [5.74, 6) is 0.939. The van der Waals surface area contributed by atoms with Crippen LogP contribution in [0.15, 0.2) is 0 Å². The van der Waals surface area contributed by atoms with Crippen molar-refractivity contribution < 1.29 is 9.53 Å². The van der Waals surface area contributed by atoms with E-state index in [1.54, 1.807) is 0 Å². The highest BCUT2D eigenvalue weighted by Gasteiger charge is 2.14. The van der Waals surface area contributed by atoms with Crippen LogP contribution in [0.25, 0.3) is 0 Å². The van der Waals surface area contributed by atoms with E-state index in [-0.39, 0.29) is 12.1 Å². The number of esters is 1. The van der Waals surface area contributed by atoms with Crippen molar-refractivity contribution >= 4 is 5.97 Å². The standard InChI is InChI=1S/C38H76O2/c1-5-7-9-10-11-19-24-27-31-35-38(39)40-37(33-28-8-6-2)34-30-26-23-21-18-16-14-12-13-15-17-20-22-25-29-32-36(3)4/h36-37H,5-35H2,1-4H3. The first-order valence-electron chi connectivity index (χ1n) is 18.8. The summed E-state index contributed by atoms with van der Waals surface area (Å²) in [5.41, 5.74) is 0. The smallest absolute Gasteiger partial charge is 0.306 e. The molecule has 0 aromatic rings. The molecule has 40 heavy (non-hydrogen) atoms. The highest BCUT2D eigenvalue weighted by molar-refractivity contribution is 5.69. The van der Waals surface area contributed by atoms with E-state index < -0.39 is 0 Å². The molecule has 240 valence electrons. The van der Waals surface area contributed by atoms with Crippen LogP contribution in [0.4, 0.5) is 0 Å². The summed E-state index contributed by atoms with van der Waals surface area (Å²) in [6, 6.07) is 0. The molecule has 0 aromatic carbocycles. The summed E-state index contributed by atoms with van der Waals surface area (Å²) in [4.78, 5) is 12.5. The Hall–Kier alpha value is -0.530. The van der Waals surface area contributed by atoms with Crippen molar-refractivity contribution in [3.8, 4) is 0 Å². The molecular weight excluding hydrogens is 488 g/mol. The topological polar surface area (TPSA) is 26.3 Å². The zero-order valence-electron chi connectivity index (χ0n) is 28.4. The Morgan fingerprint density at radius 2 is 0.725 bits per heavy atom. The minimum atomic E-state index is 0.0612. The van der Waals surface area contributed by atoms with Crippen LogP contribution in [-0.4, -0.2) is 12.1 Å². The van der Waals surface area contributed by atoms with E-state index in [0.29, 0.717) is 6.42 Å². The second kappa shape index (κ2) is 33.0. The van der Waals surface area contributed by atoms with Crippen LogP contribution in [0.3, 0.4) is 0 Å². The normalized spacial score (nSPS) is 12.3. The zero-order chi connectivity index (χ0) is 29.4. The van der Waals surface area contributed by atoms with Crippen molar-refractivity contribution in [1.82, 2.24) is 0 Å². The molecule has 0 aliphatic carbocycles. The third kappa shape index (κ3) is 32.0. The quantitative estimate of drug-likeness (QED) is 0.0585. The second-order valence-electron chi connectivity index (χ2n) is 13.5. The summed E-state index contributed by atoms with van der Waals surface area (Å²) < 4.78 is 5.96. The van der Waals surface area contributed by atoms with Crippen molar-refractivity contribution in [3.63, 3.8) is 0 Å². The van der Waals surface area contributed by atoms with E-state index in [9.17, 15) is 4.79 Å². The van der Waals surface area contributed by atoms with Gasteiger partial charge < -0.3 is 4.74 Å². The van der Waals surface area contributed by atoms with Crippen LogP contribution < -0.4 is 0 Å². The van der Waals surface area contributed by atoms with Gasteiger partial charge in [-0.2, -0.15) is 0 Å². The molecule has 0 rings (SSSR count). The number of hydrogen-bond acceptors (Lipinski definition) is 2. The Morgan fingerprint density at radius 1 is 0.425 bits per heavy atom. The Kier molecular flexibility index (Phi) is 32.5. The Labute approximate surface area is 254 Å². The van der Waals surface area contributed by atoms with E-state index in [1.807, 2.05) is 0 Å². The first-order chi connectivity index (χ1) is 19.6. The zero-order valence-corrected chi connectivity index (χ0v) is 28.4. The first-order valence-corrected chi connectivity index (χ1v) is 18.8. The van der Waals surface area contributed by atoms with Gasteiger partial charge in [-0.1, -0.05) is 188 Å². The van der Waals surface area contributed by atoms with Gasteiger partial charge in [-0.15, -0.1) is 0 Å². The first kappa shape index (κ1) is 39.5. The molecule has 1 unspecified atom stereocenters. The molecule has 0 heterocycles. The molecule has 0 N–H and O–H groups in total. The molecule has 0 fully saturated rings. The molecule has 0 aromatic heterocycles. The van der Waals surface area contributed by atoms with Gasteiger partial charge in [-0.3, -0.25) is 4.79 Å². The second-order valence-corrected chi connectivity index (χ2v) is 13.5. The Morgan fingerprint density at radius 3 is 1.12 bits per heavy atom. The SMILES string of the molecule is CCCCCCCCCCCC(=O)OC(CCCCC)CCCCCCCCCCCCCCCCCC(C)C. The van der Waals surface area contributed by atoms with Crippen LogP contribution in [0.5, 0.6) is 0 Å². The molecule has 0 aliphatic heterocycles. The number of carbonyl (C=O) groups excluding carboxylic acids is 1. The predicted octanol–water partition coefficient (Wildman–Crippen LogP) is 13.7. The third-order valence-corrected chi connectivity index (χ3v) is 8.72. The summed E-state index contributed by atoms with van der Waals surface area (Å²) >= 11 is 0. The molecule has 0 bridgehead atoms. The third-order valence-electron chi connectivity index (χ3n) is 8.72. The molecule has 0 amide bonds. The maximum Gasteiger partial charge on any atom is 0.306 e. The van der Waals surface area contributed by atoms with Crippen molar-refractivity contribution in [2.75, 3.05) is 0 Å². The minimum Gasteiger partial charge on any atom is -0.462 e. The van der Waals surface area contributed by atoms with E-state index >= 15 is 0 Å². The van der Waals surface area contributed by atoms with Crippen LogP contribution in [-0.2, 0) is 9.53 Å². The average Bonchev–Trinajstić information content (AvgIpc) is 2.93. The van der Waals surface area contributed by atoms with Crippen LogP contribution >= 0.6 is 0 Å². The van der Waals surface area contributed by atoms with Gasteiger partial charge in [0.15, 0.2) is 0 Å². The van der Waals surface area contributed by atoms with E-state index in [2.05, 4.69) is 27.7 Å². The Balaban J connectivity index is 3.66. The summed E-state index contributed by atoms with van der Waals surface area (Å²) in [5, 5.41) is 0. The lowest BCUT2D eigenvalue weighted by atomic mass is 10.0. The van der Waals surface area contributed by atoms with Crippen molar-refractivity contribution in [1.29, 1.82) is 0 Å². The number of ether oxygens (including phenoxy) is 1. The van der Waals surface area contributed by atoms with Gasteiger partial charge in [0.2, 0.25) is 0 Å². The van der Waals surface area contributed by atoms with Crippen molar-refractivity contribution in [3.05, 3.63) is 0 Å². The molecule has 2 nitrogen and oxygen atoms in total. The van der Waals surface area contributed by atoms with Crippen LogP contribution in [0, 0.1) is 5.92 Å². The lowest BCUT2D eigenvalue weighted by Crippen LogP contribution is -2.18. The number of unbranched alkanes of at least 4 members (excludes halogenated alkanes) is 24. The molecular formula is C38H76O2. The fourth-order valence-electron chi connectivity index (χ4n) is 5.93. The Bertz CT molecular complexity index is 486. The maximum absolute atomic E-state index is 12.5.